The number of amides is 2. The fourth-order valence-corrected chi connectivity index (χ4v) is 7.61. The molecule has 0 spiro atoms. The van der Waals surface area contributed by atoms with Crippen molar-refractivity contribution in [2.75, 3.05) is 19.6 Å². The van der Waals surface area contributed by atoms with Gasteiger partial charge in [-0.1, -0.05) is 6.07 Å². The average molecular weight is 535 g/mol. The molecule has 0 bridgehead atoms. The third-order valence-corrected chi connectivity index (χ3v) is 10.0. The van der Waals surface area contributed by atoms with Gasteiger partial charge in [0.15, 0.2) is 0 Å². The zero-order chi connectivity index (χ0) is 27.7. The van der Waals surface area contributed by atoms with Gasteiger partial charge in [0.25, 0.3) is 11.5 Å². The van der Waals surface area contributed by atoms with Crippen molar-refractivity contribution in [3.05, 3.63) is 62.6 Å². The van der Waals surface area contributed by atoms with Crippen LogP contribution >= 0.6 is 0 Å². The number of aromatic nitrogens is 1. The van der Waals surface area contributed by atoms with E-state index in [1.165, 1.54) is 17.7 Å². The van der Waals surface area contributed by atoms with Crippen molar-refractivity contribution in [2.45, 2.75) is 81.9 Å². The van der Waals surface area contributed by atoms with Crippen molar-refractivity contribution in [1.29, 1.82) is 0 Å². The summed E-state index contributed by atoms with van der Waals surface area (Å²) in [4.78, 5) is 45.4. The van der Waals surface area contributed by atoms with Crippen LogP contribution in [-0.2, 0) is 23.1 Å². The van der Waals surface area contributed by atoms with Crippen LogP contribution in [0.3, 0.4) is 0 Å². The Morgan fingerprint density at radius 1 is 1.15 bits per heavy atom. The number of fused-ring (bicyclic) bond motifs is 2. The smallest absolute Gasteiger partial charge is 0.261 e. The van der Waals surface area contributed by atoms with Crippen molar-refractivity contribution in [3.63, 3.8) is 0 Å². The van der Waals surface area contributed by atoms with Gasteiger partial charge in [0.1, 0.15) is 17.4 Å². The number of likely N-dealkylation sites (tertiary alicyclic amines) is 2. The van der Waals surface area contributed by atoms with Gasteiger partial charge in [-0.2, -0.15) is 0 Å². The van der Waals surface area contributed by atoms with E-state index in [4.69, 9.17) is 5.73 Å². The standard InChI is InChI=1S/C30H38N4O5/c1-17-5-8-21(35)13-23(17)29-9-11-33(16-19-6-7-19)18(2)30(29,39)14-20-12-22(27(37)32-24(20)15-29)28(38)34-10-3-4-25(34)26(31)36/h5,8,12-13,18-19,25,35,39H,3-4,6-7,9-11,14-16H2,1-2H3,(H2,31,36)(H,32,37)/t18-,25+,29-,30-/m1/s1. The molecule has 3 heterocycles. The topological polar surface area (TPSA) is 140 Å². The van der Waals surface area contributed by atoms with Crippen LogP contribution in [0.25, 0.3) is 0 Å². The highest BCUT2D eigenvalue weighted by Crippen LogP contribution is 2.54. The number of nitrogens with one attached hydrogen (secondary N) is 1. The number of hydrogen-bond donors (Lipinski definition) is 4. The predicted octanol–water partition coefficient (Wildman–Crippen LogP) is 1.75. The summed E-state index contributed by atoms with van der Waals surface area (Å²) in [5.74, 6) is -0.251. The second kappa shape index (κ2) is 9.20. The van der Waals surface area contributed by atoms with Crippen LogP contribution < -0.4 is 11.3 Å². The summed E-state index contributed by atoms with van der Waals surface area (Å²) in [5.41, 5.74) is 6.42. The van der Waals surface area contributed by atoms with E-state index in [1.807, 2.05) is 13.0 Å². The molecule has 3 fully saturated rings. The molecule has 6 rings (SSSR count). The summed E-state index contributed by atoms with van der Waals surface area (Å²) in [6.45, 7) is 6.22. The van der Waals surface area contributed by atoms with Crippen molar-refractivity contribution < 1.29 is 19.8 Å². The van der Waals surface area contributed by atoms with E-state index in [1.54, 1.807) is 18.2 Å². The van der Waals surface area contributed by atoms with Gasteiger partial charge in [0.2, 0.25) is 5.91 Å². The summed E-state index contributed by atoms with van der Waals surface area (Å²) in [6.07, 6.45) is 4.92. The lowest BCUT2D eigenvalue weighted by Gasteiger charge is -2.60. The molecule has 4 atom stereocenters. The maximum atomic E-state index is 13.4. The molecule has 1 aromatic heterocycles. The number of pyridine rings is 1. The average Bonchev–Trinajstić information content (AvgIpc) is 3.57. The number of aliphatic hydroxyl groups is 1. The van der Waals surface area contributed by atoms with E-state index < -0.39 is 34.4 Å². The highest BCUT2D eigenvalue weighted by atomic mass is 16.3. The van der Waals surface area contributed by atoms with Gasteiger partial charge < -0.3 is 25.8 Å². The number of hydrogen-bond acceptors (Lipinski definition) is 6. The molecule has 39 heavy (non-hydrogen) atoms. The number of carbonyl (C=O) groups is 2. The molecule has 1 aromatic carbocycles. The lowest BCUT2D eigenvalue weighted by Crippen LogP contribution is -2.71. The number of primary amides is 1. The number of nitrogens with two attached hydrogens (primary N) is 1. The van der Waals surface area contributed by atoms with E-state index in [2.05, 4.69) is 16.8 Å². The Kier molecular flexibility index (Phi) is 6.15. The lowest BCUT2D eigenvalue weighted by atomic mass is 9.53. The van der Waals surface area contributed by atoms with Crippen LogP contribution in [0.5, 0.6) is 5.75 Å². The Bertz CT molecular complexity index is 1400. The molecule has 2 saturated heterocycles. The highest BCUT2D eigenvalue weighted by molar-refractivity contribution is 5.97. The van der Waals surface area contributed by atoms with Gasteiger partial charge in [0, 0.05) is 43.1 Å². The number of aryl methyl sites for hydroxylation is 1. The third-order valence-electron chi connectivity index (χ3n) is 10.0. The summed E-state index contributed by atoms with van der Waals surface area (Å²) in [6, 6.07) is 6.04. The molecular formula is C30H38N4O5. The van der Waals surface area contributed by atoms with Crippen LogP contribution in [0.4, 0.5) is 0 Å². The minimum Gasteiger partial charge on any atom is -0.508 e. The minimum atomic E-state index is -1.20. The second-order valence-electron chi connectivity index (χ2n) is 12.3. The van der Waals surface area contributed by atoms with Crippen LogP contribution in [0.2, 0.25) is 0 Å². The van der Waals surface area contributed by atoms with Crippen molar-refractivity contribution in [1.82, 2.24) is 14.8 Å². The Morgan fingerprint density at radius 3 is 2.64 bits per heavy atom. The number of aromatic hydroxyl groups is 1. The van der Waals surface area contributed by atoms with Crippen LogP contribution in [-0.4, -0.2) is 74.1 Å². The van der Waals surface area contributed by atoms with Gasteiger partial charge in [-0.05, 0) is 93.3 Å². The first-order chi connectivity index (χ1) is 18.5. The normalized spacial score (nSPS) is 30.6. The summed E-state index contributed by atoms with van der Waals surface area (Å²) in [5, 5.41) is 23.2. The molecule has 0 unspecified atom stereocenters. The maximum Gasteiger partial charge on any atom is 0.261 e. The van der Waals surface area contributed by atoms with Crippen molar-refractivity contribution in [3.8, 4) is 5.75 Å². The number of aromatic amines is 1. The monoisotopic (exact) mass is 534 g/mol. The summed E-state index contributed by atoms with van der Waals surface area (Å²) in [7, 11) is 0. The van der Waals surface area contributed by atoms with Gasteiger partial charge in [-0.15, -0.1) is 0 Å². The first-order valence-corrected chi connectivity index (χ1v) is 14.2. The first kappa shape index (κ1) is 26.1. The molecule has 5 N–H and O–H groups in total. The molecule has 9 heteroatoms. The molecule has 1 saturated carbocycles. The summed E-state index contributed by atoms with van der Waals surface area (Å²) >= 11 is 0. The molecular weight excluding hydrogens is 496 g/mol. The Balaban J connectivity index is 1.45. The summed E-state index contributed by atoms with van der Waals surface area (Å²) < 4.78 is 0. The van der Waals surface area contributed by atoms with Gasteiger partial charge in [-0.25, -0.2) is 0 Å². The number of piperidine rings is 1. The number of nitrogens with zero attached hydrogens (tertiary/aromatic N) is 2. The fourth-order valence-electron chi connectivity index (χ4n) is 7.61. The maximum absolute atomic E-state index is 13.4. The number of carbonyl (C=O) groups excluding carboxylic acids is 2. The highest BCUT2D eigenvalue weighted by Gasteiger charge is 2.61. The van der Waals surface area contributed by atoms with Gasteiger partial charge in [-0.3, -0.25) is 19.3 Å². The zero-order valence-corrected chi connectivity index (χ0v) is 22.7. The van der Waals surface area contributed by atoms with Crippen LogP contribution in [0.15, 0.2) is 29.1 Å². The molecule has 4 aliphatic rings. The molecule has 2 amide bonds. The Labute approximate surface area is 228 Å². The SMILES string of the molecule is Cc1ccc(O)cc1[C@]12CCN(CC3CC3)[C@H](C)[C@]1(O)Cc1cc(C(=O)N3CCC[C@H]3C(N)=O)c(=O)[nH]c1C2. The molecule has 9 nitrogen and oxygen atoms in total. The first-order valence-electron chi connectivity index (χ1n) is 14.2. The van der Waals surface area contributed by atoms with E-state index in [0.717, 1.165) is 29.8 Å². The second-order valence-corrected chi connectivity index (χ2v) is 12.3. The Hall–Kier alpha value is -3.17. The molecule has 2 aromatic rings. The number of benzene rings is 1. The number of rotatable bonds is 5. The van der Waals surface area contributed by atoms with E-state index in [0.29, 0.717) is 43.8 Å². The van der Waals surface area contributed by atoms with Crippen molar-refractivity contribution >= 4 is 11.8 Å². The Morgan fingerprint density at radius 2 is 1.92 bits per heavy atom. The van der Waals surface area contributed by atoms with Crippen molar-refractivity contribution in [2.24, 2.45) is 11.7 Å². The zero-order valence-electron chi connectivity index (χ0n) is 22.7. The number of H-pyrrole nitrogens is 1. The van der Waals surface area contributed by atoms with Gasteiger partial charge >= 0.3 is 0 Å². The predicted molar refractivity (Wildman–Crippen MR) is 146 cm³/mol. The van der Waals surface area contributed by atoms with Gasteiger partial charge in [0.05, 0.1) is 5.60 Å². The largest absolute Gasteiger partial charge is 0.508 e. The van der Waals surface area contributed by atoms with E-state index >= 15 is 0 Å². The number of phenols is 1. The third kappa shape index (κ3) is 4.09. The number of phenolic OH excluding ortho intramolecular Hbond substituents is 1. The molecule has 208 valence electrons. The van der Waals surface area contributed by atoms with E-state index in [-0.39, 0.29) is 23.8 Å². The quantitative estimate of drug-likeness (QED) is 0.461. The minimum absolute atomic E-state index is 0.0233. The van der Waals surface area contributed by atoms with E-state index in [9.17, 15) is 24.6 Å². The molecule has 0 radical (unpaired) electrons. The molecule has 2 aliphatic heterocycles. The lowest BCUT2D eigenvalue weighted by molar-refractivity contribution is -0.139. The van der Waals surface area contributed by atoms with Crippen LogP contribution in [0, 0.1) is 12.8 Å². The fraction of sp³-hybridized carbons (Fsp3) is 0.567. The molecule has 2 aliphatic carbocycles. The van der Waals surface area contributed by atoms with Crippen LogP contribution in [0.1, 0.15) is 71.8 Å².